The number of nitrogens with one attached hydrogen (secondary N) is 1. The number of benzene rings is 2. The zero-order valence-corrected chi connectivity index (χ0v) is 15.1. The van der Waals surface area contributed by atoms with Crippen molar-refractivity contribution in [3.63, 3.8) is 0 Å². The van der Waals surface area contributed by atoms with Crippen LogP contribution in [0.1, 0.15) is 34.9 Å². The molecule has 1 heterocycles. The Morgan fingerprint density at radius 2 is 1.62 bits per heavy atom. The molecule has 4 rings (SSSR count). The van der Waals surface area contributed by atoms with E-state index < -0.39 is 0 Å². The van der Waals surface area contributed by atoms with E-state index in [2.05, 4.69) is 5.32 Å². The van der Waals surface area contributed by atoms with Crippen molar-refractivity contribution in [1.82, 2.24) is 4.90 Å². The molecule has 2 aromatic carbocycles. The van der Waals surface area contributed by atoms with Gasteiger partial charge >= 0.3 is 0 Å². The quantitative estimate of drug-likeness (QED) is 0.891. The van der Waals surface area contributed by atoms with Crippen molar-refractivity contribution in [3.8, 4) is 17.2 Å². The van der Waals surface area contributed by atoms with Gasteiger partial charge in [0.25, 0.3) is 5.91 Å². The Balaban J connectivity index is 1.84. The van der Waals surface area contributed by atoms with Gasteiger partial charge in [0.05, 0.1) is 26.9 Å². The second-order valence-corrected chi connectivity index (χ2v) is 6.49. The molecule has 136 valence electrons. The number of hydrogen-bond donors (Lipinski definition) is 1. The lowest BCUT2D eigenvalue weighted by atomic mass is 10.0. The van der Waals surface area contributed by atoms with Gasteiger partial charge in [0.1, 0.15) is 11.9 Å². The van der Waals surface area contributed by atoms with Gasteiger partial charge in [-0.1, -0.05) is 12.1 Å². The maximum absolute atomic E-state index is 13.1. The number of ether oxygens (including phenoxy) is 3. The first kappa shape index (κ1) is 16.6. The zero-order chi connectivity index (χ0) is 18.3. The summed E-state index contributed by atoms with van der Waals surface area (Å²) < 4.78 is 16.4. The molecule has 0 radical (unpaired) electrons. The fraction of sp³-hybridized carbons (Fsp3) is 0.350. The molecule has 1 N–H and O–H groups in total. The second kappa shape index (κ2) is 6.44. The van der Waals surface area contributed by atoms with E-state index in [0.717, 1.165) is 24.1 Å². The summed E-state index contributed by atoms with van der Waals surface area (Å²) in [4.78, 5) is 15.1. The smallest absolute Gasteiger partial charge is 0.258 e. The number of amides is 1. The first-order valence-electron chi connectivity index (χ1n) is 8.66. The highest BCUT2D eigenvalue weighted by molar-refractivity contribution is 6.02. The molecule has 1 saturated carbocycles. The lowest BCUT2D eigenvalue weighted by Crippen LogP contribution is -2.44. The van der Waals surface area contributed by atoms with Crippen LogP contribution in [-0.4, -0.2) is 38.2 Å². The average molecular weight is 354 g/mol. The average Bonchev–Trinajstić information content (AvgIpc) is 3.51. The van der Waals surface area contributed by atoms with Gasteiger partial charge < -0.3 is 24.4 Å². The highest BCUT2D eigenvalue weighted by Crippen LogP contribution is 2.45. The molecule has 6 nitrogen and oxygen atoms in total. The normalized spacial score (nSPS) is 18.8. The van der Waals surface area contributed by atoms with Crippen molar-refractivity contribution in [2.75, 3.05) is 26.6 Å². The van der Waals surface area contributed by atoms with E-state index in [1.807, 2.05) is 35.2 Å². The minimum Gasteiger partial charge on any atom is -0.496 e. The van der Waals surface area contributed by atoms with Crippen LogP contribution in [0.3, 0.4) is 0 Å². The number of carbonyl (C=O) groups excluding carboxylic acids is 1. The molecule has 26 heavy (non-hydrogen) atoms. The highest BCUT2D eigenvalue weighted by Gasteiger charge is 2.43. The molecule has 1 fully saturated rings. The Labute approximate surface area is 152 Å². The van der Waals surface area contributed by atoms with Crippen molar-refractivity contribution in [2.45, 2.75) is 25.0 Å². The Morgan fingerprint density at radius 1 is 0.962 bits per heavy atom. The number of para-hydroxylation sites is 1. The van der Waals surface area contributed by atoms with E-state index in [-0.39, 0.29) is 18.1 Å². The Hall–Kier alpha value is -2.89. The summed E-state index contributed by atoms with van der Waals surface area (Å²) in [6.45, 7) is 0. The largest absolute Gasteiger partial charge is 0.496 e. The van der Waals surface area contributed by atoms with E-state index in [1.54, 1.807) is 27.4 Å². The zero-order valence-electron chi connectivity index (χ0n) is 15.1. The van der Waals surface area contributed by atoms with Crippen molar-refractivity contribution in [3.05, 3.63) is 47.5 Å². The summed E-state index contributed by atoms with van der Waals surface area (Å²) in [5, 5.41) is 3.51. The first-order valence-corrected chi connectivity index (χ1v) is 8.66. The number of fused-ring (bicyclic) bond motifs is 1. The molecule has 1 atom stereocenters. The highest BCUT2D eigenvalue weighted by atomic mass is 16.5. The van der Waals surface area contributed by atoms with Crippen LogP contribution < -0.4 is 19.5 Å². The van der Waals surface area contributed by atoms with Crippen LogP contribution in [0.25, 0.3) is 0 Å². The van der Waals surface area contributed by atoms with Crippen LogP contribution in [0.5, 0.6) is 17.2 Å². The summed E-state index contributed by atoms with van der Waals surface area (Å²) in [5.41, 5.74) is 2.38. The molecule has 0 saturated heterocycles. The second-order valence-electron chi connectivity index (χ2n) is 6.49. The van der Waals surface area contributed by atoms with Gasteiger partial charge in [-0.2, -0.15) is 0 Å². The van der Waals surface area contributed by atoms with Gasteiger partial charge in [0.2, 0.25) is 0 Å². The topological polar surface area (TPSA) is 60.0 Å². The summed E-state index contributed by atoms with van der Waals surface area (Å²) in [6.07, 6.45) is 1.71. The van der Waals surface area contributed by atoms with Crippen molar-refractivity contribution in [1.29, 1.82) is 0 Å². The maximum atomic E-state index is 13.1. The number of nitrogens with zero attached hydrogens (tertiary/aromatic N) is 1. The summed E-state index contributed by atoms with van der Waals surface area (Å²) in [6, 6.07) is 11.5. The molecule has 2 aromatic rings. The Morgan fingerprint density at radius 3 is 2.27 bits per heavy atom. The van der Waals surface area contributed by atoms with E-state index >= 15 is 0 Å². The van der Waals surface area contributed by atoms with Crippen molar-refractivity contribution < 1.29 is 19.0 Å². The predicted octanol–water partition coefficient (Wildman–Crippen LogP) is 3.44. The van der Waals surface area contributed by atoms with Gasteiger partial charge in [-0.05, 0) is 31.0 Å². The number of rotatable bonds is 5. The van der Waals surface area contributed by atoms with Crippen LogP contribution in [0.15, 0.2) is 36.4 Å². The van der Waals surface area contributed by atoms with Gasteiger partial charge in [-0.25, -0.2) is 0 Å². The molecule has 0 aromatic heterocycles. The fourth-order valence-electron chi connectivity index (χ4n) is 3.49. The number of hydrogen-bond acceptors (Lipinski definition) is 5. The summed E-state index contributed by atoms with van der Waals surface area (Å²) >= 11 is 0. The summed E-state index contributed by atoms with van der Waals surface area (Å²) in [5.74, 6) is 1.89. The van der Waals surface area contributed by atoms with Crippen molar-refractivity contribution in [2.24, 2.45) is 0 Å². The molecule has 1 aliphatic heterocycles. The third-order valence-electron chi connectivity index (χ3n) is 4.93. The van der Waals surface area contributed by atoms with Crippen LogP contribution in [0.2, 0.25) is 0 Å². The Bertz CT molecular complexity index is 848. The molecule has 1 amide bonds. The molecular weight excluding hydrogens is 332 g/mol. The van der Waals surface area contributed by atoms with E-state index in [4.69, 9.17) is 14.2 Å². The standard InChI is InChI=1S/C20H22N2O4/c1-24-16-11-18(26-3)17(25-2)10-14(16)19-21-15-7-5-4-6-13(15)20(23)22(19)12-8-9-12/h4-7,10-12,19,21H,8-9H2,1-3H3/t19-/m1/s1. The monoisotopic (exact) mass is 354 g/mol. The van der Waals surface area contributed by atoms with Crippen molar-refractivity contribution >= 4 is 11.6 Å². The minimum atomic E-state index is -0.320. The minimum absolute atomic E-state index is 0.0451. The van der Waals surface area contributed by atoms with Gasteiger partial charge in [-0.3, -0.25) is 4.79 Å². The summed E-state index contributed by atoms with van der Waals surface area (Å²) in [7, 11) is 4.80. The van der Waals surface area contributed by atoms with Gasteiger partial charge in [0.15, 0.2) is 11.5 Å². The first-order chi connectivity index (χ1) is 12.7. The van der Waals surface area contributed by atoms with Crippen LogP contribution in [0, 0.1) is 0 Å². The van der Waals surface area contributed by atoms with Gasteiger partial charge in [0, 0.05) is 23.4 Å². The number of anilines is 1. The van der Waals surface area contributed by atoms with Gasteiger partial charge in [-0.15, -0.1) is 0 Å². The molecular formula is C20H22N2O4. The molecule has 6 heteroatoms. The molecule has 0 unspecified atom stereocenters. The van der Waals surface area contributed by atoms with Crippen LogP contribution in [-0.2, 0) is 0 Å². The Kier molecular flexibility index (Phi) is 4.11. The van der Waals surface area contributed by atoms with Crippen LogP contribution in [0.4, 0.5) is 5.69 Å². The van der Waals surface area contributed by atoms with E-state index in [9.17, 15) is 4.79 Å². The lowest BCUT2D eigenvalue weighted by molar-refractivity contribution is 0.0664. The SMILES string of the molecule is COc1cc(OC)c([C@@H]2Nc3ccccc3C(=O)N2C2CC2)cc1OC. The lowest BCUT2D eigenvalue weighted by Gasteiger charge is -2.39. The molecule has 1 aliphatic carbocycles. The molecule has 2 aliphatic rings. The third-order valence-corrected chi connectivity index (χ3v) is 4.93. The molecule has 0 bridgehead atoms. The third kappa shape index (κ3) is 2.62. The van der Waals surface area contributed by atoms with E-state index in [0.29, 0.717) is 22.8 Å². The number of methoxy groups -OCH3 is 3. The van der Waals surface area contributed by atoms with E-state index in [1.165, 1.54) is 0 Å². The number of carbonyl (C=O) groups is 1. The molecule has 0 spiro atoms. The maximum Gasteiger partial charge on any atom is 0.258 e. The predicted molar refractivity (Wildman–Crippen MR) is 98.1 cm³/mol. The van der Waals surface area contributed by atoms with Crippen LogP contribution >= 0.6 is 0 Å². The fourth-order valence-corrected chi connectivity index (χ4v) is 3.49.